The summed E-state index contributed by atoms with van der Waals surface area (Å²) in [4.78, 5) is 0. The highest BCUT2D eigenvalue weighted by Crippen LogP contribution is 2.56. The number of fused-ring (bicyclic) bond motifs is 5. The van der Waals surface area contributed by atoms with Crippen LogP contribution in [0, 0.1) is 0 Å². The van der Waals surface area contributed by atoms with Crippen LogP contribution in [0.4, 0.5) is 0 Å². The van der Waals surface area contributed by atoms with Crippen LogP contribution < -0.4 is 9.47 Å². The van der Waals surface area contributed by atoms with Crippen molar-refractivity contribution in [2.24, 2.45) is 0 Å². The molecule has 2 atom stereocenters. The largest absolute Gasteiger partial charge is 0.465 e. The van der Waals surface area contributed by atoms with Crippen molar-refractivity contribution in [3.63, 3.8) is 0 Å². The van der Waals surface area contributed by atoms with Crippen LogP contribution in [0.5, 0.6) is 11.5 Å². The average Bonchev–Trinajstić information content (AvgIpc) is 3.36. The van der Waals surface area contributed by atoms with Gasteiger partial charge >= 0.3 is 0 Å². The Labute approximate surface area is 265 Å². The van der Waals surface area contributed by atoms with Gasteiger partial charge in [0.15, 0.2) is 12.6 Å². The van der Waals surface area contributed by atoms with E-state index in [-0.39, 0.29) is 12.6 Å². The Morgan fingerprint density at radius 2 is 0.889 bits per heavy atom. The molecule has 6 aromatic rings. The van der Waals surface area contributed by atoms with E-state index in [1.54, 1.807) is 0 Å². The topological polar surface area (TPSA) is 36.9 Å². The summed E-state index contributed by atoms with van der Waals surface area (Å²) in [5, 5.41) is 4.58. The van der Waals surface area contributed by atoms with Gasteiger partial charge in [0.05, 0.1) is 5.41 Å². The Bertz CT molecular complexity index is 1850. The molecular formula is C41H38O4. The lowest BCUT2D eigenvalue weighted by molar-refractivity contribution is -0.0616. The molecule has 226 valence electrons. The highest BCUT2D eigenvalue weighted by molar-refractivity contribution is 5.92. The van der Waals surface area contributed by atoms with E-state index in [2.05, 4.69) is 109 Å². The van der Waals surface area contributed by atoms with E-state index in [0.29, 0.717) is 13.2 Å². The van der Waals surface area contributed by atoms with Crippen molar-refractivity contribution in [1.82, 2.24) is 0 Å². The lowest BCUT2D eigenvalue weighted by Gasteiger charge is -2.34. The van der Waals surface area contributed by atoms with Gasteiger partial charge in [-0.1, -0.05) is 84.9 Å². The molecule has 0 amide bonds. The molecule has 0 fully saturated rings. The summed E-state index contributed by atoms with van der Waals surface area (Å²) in [6.45, 7) is 9.02. The third kappa shape index (κ3) is 5.14. The van der Waals surface area contributed by atoms with Gasteiger partial charge in [-0.3, -0.25) is 0 Å². The zero-order valence-electron chi connectivity index (χ0n) is 26.2. The first kappa shape index (κ1) is 29.1. The van der Waals surface area contributed by atoms with Crippen molar-refractivity contribution in [3.05, 3.63) is 144 Å². The zero-order valence-corrected chi connectivity index (χ0v) is 26.2. The van der Waals surface area contributed by atoms with Crippen LogP contribution >= 0.6 is 0 Å². The van der Waals surface area contributed by atoms with Gasteiger partial charge < -0.3 is 18.9 Å². The van der Waals surface area contributed by atoms with Crippen LogP contribution in [0.3, 0.4) is 0 Å². The van der Waals surface area contributed by atoms with Crippen molar-refractivity contribution in [2.45, 2.75) is 45.7 Å². The minimum atomic E-state index is -0.493. The van der Waals surface area contributed by atoms with Gasteiger partial charge in [-0.25, -0.2) is 0 Å². The molecule has 0 saturated heterocycles. The molecule has 0 bridgehead atoms. The monoisotopic (exact) mass is 594 g/mol. The summed E-state index contributed by atoms with van der Waals surface area (Å²) in [7, 11) is 0. The van der Waals surface area contributed by atoms with E-state index < -0.39 is 5.41 Å². The van der Waals surface area contributed by atoms with Crippen molar-refractivity contribution >= 4 is 21.5 Å². The Balaban J connectivity index is 1.40. The second-order valence-electron chi connectivity index (χ2n) is 11.6. The molecule has 0 N–H and O–H groups in total. The van der Waals surface area contributed by atoms with Crippen LogP contribution in [-0.2, 0) is 14.9 Å². The molecule has 0 aromatic heterocycles. The average molecular weight is 595 g/mol. The Morgan fingerprint density at radius 3 is 1.33 bits per heavy atom. The summed E-state index contributed by atoms with van der Waals surface area (Å²) in [5.41, 5.74) is 7.10. The van der Waals surface area contributed by atoms with Crippen LogP contribution in [0.15, 0.2) is 121 Å². The molecule has 0 radical (unpaired) electrons. The molecule has 1 aliphatic carbocycles. The van der Waals surface area contributed by atoms with Crippen molar-refractivity contribution in [1.29, 1.82) is 0 Å². The first-order valence-corrected chi connectivity index (χ1v) is 15.9. The molecule has 0 spiro atoms. The van der Waals surface area contributed by atoms with E-state index in [9.17, 15) is 0 Å². The third-order valence-corrected chi connectivity index (χ3v) is 8.85. The summed E-state index contributed by atoms with van der Waals surface area (Å²) in [6, 6.07) is 44.0. The molecule has 7 rings (SSSR count). The SMILES string of the molecule is CCOC(C)Oc1ccc2cc(C3(c4ccc5cc(OC(C)OCC)ccc5c4)c4ccccc4-c4ccccc43)ccc2c1. The summed E-state index contributed by atoms with van der Waals surface area (Å²) in [5.74, 6) is 1.60. The van der Waals surface area contributed by atoms with Gasteiger partial charge in [0.25, 0.3) is 0 Å². The molecule has 0 aliphatic heterocycles. The van der Waals surface area contributed by atoms with Crippen LogP contribution in [-0.4, -0.2) is 25.8 Å². The molecule has 4 nitrogen and oxygen atoms in total. The summed E-state index contributed by atoms with van der Waals surface area (Å²) in [6.07, 6.45) is -0.602. The maximum atomic E-state index is 6.02. The lowest BCUT2D eigenvalue weighted by atomic mass is 9.67. The fourth-order valence-electron chi connectivity index (χ4n) is 7.01. The van der Waals surface area contributed by atoms with E-state index in [0.717, 1.165) is 33.0 Å². The Kier molecular flexibility index (Phi) is 7.78. The summed E-state index contributed by atoms with van der Waals surface area (Å²) < 4.78 is 23.2. The standard InChI is InChI=1S/C41H38O4/c1-5-42-27(3)44-35-21-17-29-23-33(19-15-31(29)25-35)41(39-13-9-7-11-37(39)38-12-8-10-14-40(38)41)34-20-16-32-26-36(22-18-30(32)24-34)45-28(4)43-6-2/h7-28H,5-6H2,1-4H3. The number of ether oxygens (including phenoxy) is 4. The fourth-order valence-corrected chi connectivity index (χ4v) is 7.01. The third-order valence-electron chi connectivity index (χ3n) is 8.85. The van der Waals surface area contributed by atoms with Crippen LogP contribution in [0.25, 0.3) is 32.7 Å². The van der Waals surface area contributed by atoms with Crippen LogP contribution in [0.2, 0.25) is 0 Å². The van der Waals surface area contributed by atoms with Gasteiger partial charge in [-0.05, 0) is 119 Å². The fraction of sp³-hybridized carbons (Fsp3) is 0.220. The van der Waals surface area contributed by atoms with Crippen LogP contribution in [0.1, 0.15) is 49.9 Å². The molecule has 6 aromatic carbocycles. The predicted octanol–water partition coefficient (Wildman–Crippen LogP) is 9.88. The van der Waals surface area contributed by atoms with Gasteiger partial charge in [0.2, 0.25) is 0 Å². The quantitative estimate of drug-likeness (QED) is 0.148. The second-order valence-corrected chi connectivity index (χ2v) is 11.6. The van der Waals surface area contributed by atoms with E-state index in [1.165, 1.54) is 33.4 Å². The molecule has 4 heteroatoms. The number of benzene rings is 6. The van der Waals surface area contributed by atoms with Crippen molar-refractivity contribution in [2.75, 3.05) is 13.2 Å². The molecule has 0 heterocycles. The van der Waals surface area contributed by atoms with Crippen molar-refractivity contribution < 1.29 is 18.9 Å². The Morgan fingerprint density at radius 1 is 0.489 bits per heavy atom. The zero-order chi connectivity index (χ0) is 31.0. The van der Waals surface area contributed by atoms with E-state index in [4.69, 9.17) is 18.9 Å². The molecule has 45 heavy (non-hydrogen) atoms. The van der Waals surface area contributed by atoms with Gasteiger partial charge in [-0.15, -0.1) is 0 Å². The highest BCUT2D eigenvalue weighted by atomic mass is 16.7. The van der Waals surface area contributed by atoms with Crippen molar-refractivity contribution in [3.8, 4) is 22.6 Å². The molecule has 2 unspecified atom stereocenters. The summed E-state index contributed by atoms with van der Waals surface area (Å²) >= 11 is 0. The highest BCUT2D eigenvalue weighted by Gasteiger charge is 2.46. The van der Waals surface area contributed by atoms with Gasteiger partial charge in [-0.2, -0.15) is 0 Å². The minimum absolute atomic E-state index is 0.301. The first-order chi connectivity index (χ1) is 22.0. The minimum Gasteiger partial charge on any atom is -0.465 e. The Hall–Kier alpha value is -4.64. The number of rotatable bonds is 10. The molecular weight excluding hydrogens is 556 g/mol. The normalized spacial score (nSPS) is 14.6. The lowest BCUT2D eigenvalue weighted by Crippen LogP contribution is -2.28. The maximum absolute atomic E-state index is 6.02. The molecule has 0 saturated carbocycles. The first-order valence-electron chi connectivity index (χ1n) is 15.9. The van der Waals surface area contributed by atoms with E-state index >= 15 is 0 Å². The number of hydrogen-bond donors (Lipinski definition) is 0. The second kappa shape index (κ2) is 12.0. The van der Waals surface area contributed by atoms with Gasteiger partial charge in [0, 0.05) is 13.2 Å². The smallest absolute Gasteiger partial charge is 0.196 e. The maximum Gasteiger partial charge on any atom is 0.196 e. The molecule has 1 aliphatic rings. The van der Waals surface area contributed by atoms with Gasteiger partial charge in [0.1, 0.15) is 11.5 Å². The van der Waals surface area contributed by atoms with E-state index in [1.807, 2.05) is 39.8 Å². The number of hydrogen-bond acceptors (Lipinski definition) is 4. The predicted molar refractivity (Wildman–Crippen MR) is 182 cm³/mol.